The van der Waals surface area contributed by atoms with E-state index in [1.54, 1.807) is 20.3 Å². The van der Waals surface area contributed by atoms with Gasteiger partial charge in [0.1, 0.15) is 17.3 Å². The fourth-order valence-corrected chi connectivity index (χ4v) is 3.80. The van der Waals surface area contributed by atoms with Gasteiger partial charge in [-0.25, -0.2) is 4.98 Å². The van der Waals surface area contributed by atoms with Crippen molar-refractivity contribution in [1.82, 2.24) is 14.9 Å². The minimum absolute atomic E-state index is 0.257. The molecule has 1 aliphatic rings. The predicted molar refractivity (Wildman–Crippen MR) is 113 cm³/mol. The van der Waals surface area contributed by atoms with Crippen molar-refractivity contribution in [3.05, 3.63) is 75.2 Å². The van der Waals surface area contributed by atoms with Crippen LogP contribution < -0.4 is 15.0 Å². The molecule has 0 unspecified atom stereocenters. The first-order chi connectivity index (χ1) is 15.3. The molecule has 0 saturated carbocycles. The Labute approximate surface area is 182 Å². The van der Waals surface area contributed by atoms with Crippen LogP contribution in [0.25, 0.3) is 11.4 Å². The van der Waals surface area contributed by atoms with E-state index < -0.39 is 11.7 Å². The van der Waals surface area contributed by atoms with Crippen LogP contribution in [0.2, 0.25) is 0 Å². The van der Waals surface area contributed by atoms with Crippen LogP contribution in [0.1, 0.15) is 22.4 Å². The largest absolute Gasteiger partial charge is 0.497 e. The number of hydrogen-bond donors (Lipinski definition) is 1. The number of aromatic amines is 1. The highest BCUT2D eigenvalue weighted by atomic mass is 19.4. The summed E-state index contributed by atoms with van der Waals surface area (Å²) in [4.78, 5) is 22.0. The highest BCUT2D eigenvalue weighted by molar-refractivity contribution is 5.56. The van der Waals surface area contributed by atoms with Crippen LogP contribution in [0.5, 0.6) is 11.5 Å². The van der Waals surface area contributed by atoms with Gasteiger partial charge in [0, 0.05) is 36.8 Å². The second-order valence-electron chi connectivity index (χ2n) is 7.60. The van der Waals surface area contributed by atoms with Gasteiger partial charge in [0.05, 0.1) is 25.5 Å². The van der Waals surface area contributed by atoms with Crippen LogP contribution in [0.3, 0.4) is 0 Å². The molecule has 0 aliphatic carbocycles. The SMILES string of the molecule is COc1cc(CN2CCc3c(nc(-c4ccc(C(F)(F)F)cc4)[nH]c3=O)C2)cc(OC)c1. The average Bonchev–Trinajstić information content (AvgIpc) is 2.78. The standard InChI is InChI=1S/C23H22F3N3O3/c1-31-17-9-14(10-18(11-17)32-2)12-29-8-7-19-20(13-29)27-21(28-22(19)30)15-3-5-16(6-4-15)23(24,25)26/h3-6,9-11H,7-8,12-13H2,1-2H3,(H,27,28,30). The van der Waals surface area contributed by atoms with Crippen LogP contribution >= 0.6 is 0 Å². The number of halogens is 3. The van der Waals surface area contributed by atoms with Gasteiger partial charge in [0.25, 0.3) is 5.56 Å². The number of nitrogens with zero attached hydrogens (tertiary/aromatic N) is 2. The molecule has 1 aromatic heterocycles. The third-order valence-corrected chi connectivity index (χ3v) is 5.46. The van der Waals surface area contributed by atoms with Gasteiger partial charge in [-0.3, -0.25) is 9.69 Å². The number of methoxy groups -OCH3 is 2. The quantitative estimate of drug-likeness (QED) is 0.642. The van der Waals surface area contributed by atoms with Crippen LogP contribution in [-0.2, 0) is 25.7 Å². The van der Waals surface area contributed by atoms with Gasteiger partial charge < -0.3 is 14.5 Å². The number of ether oxygens (including phenoxy) is 2. The van der Waals surface area contributed by atoms with Gasteiger partial charge in [-0.2, -0.15) is 13.2 Å². The second kappa shape index (κ2) is 8.66. The fourth-order valence-electron chi connectivity index (χ4n) is 3.80. The van der Waals surface area contributed by atoms with Crippen LogP contribution in [0, 0.1) is 0 Å². The van der Waals surface area contributed by atoms with Gasteiger partial charge in [0.2, 0.25) is 0 Å². The lowest BCUT2D eigenvalue weighted by Crippen LogP contribution is -2.35. The van der Waals surface area contributed by atoms with Gasteiger partial charge in [-0.15, -0.1) is 0 Å². The lowest BCUT2D eigenvalue weighted by molar-refractivity contribution is -0.137. The summed E-state index contributed by atoms with van der Waals surface area (Å²) in [5, 5.41) is 0. The maximum Gasteiger partial charge on any atom is 0.416 e. The van der Waals surface area contributed by atoms with E-state index in [1.807, 2.05) is 12.1 Å². The zero-order valence-electron chi connectivity index (χ0n) is 17.6. The number of nitrogens with one attached hydrogen (secondary N) is 1. The van der Waals surface area contributed by atoms with E-state index >= 15 is 0 Å². The van der Waals surface area contributed by atoms with E-state index in [4.69, 9.17) is 9.47 Å². The van der Waals surface area contributed by atoms with E-state index in [0.29, 0.717) is 54.4 Å². The summed E-state index contributed by atoms with van der Waals surface area (Å²) in [6.45, 7) is 1.74. The monoisotopic (exact) mass is 445 g/mol. The Morgan fingerprint density at radius 2 is 1.72 bits per heavy atom. The van der Waals surface area contributed by atoms with Crippen molar-refractivity contribution in [2.45, 2.75) is 25.7 Å². The van der Waals surface area contributed by atoms with Crippen molar-refractivity contribution in [1.29, 1.82) is 0 Å². The van der Waals surface area contributed by atoms with E-state index in [9.17, 15) is 18.0 Å². The summed E-state index contributed by atoms with van der Waals surface area (Å²) in [7, 11) is 3.18. The summed E-state index contributed by atoms with van der Waals surface area (Å²) in [6, 6.07) is 10.3. The number of benzene rings is 2. The zero-order chi connectivity index (χ0) is 22.9. The molecular weight excluding hydrogens is 423 g/mol. The first-order valence-electron chi connectivity index (χ1n) is 10.0. The smallest absolute Gasteiger partial charge is 0.416 e. The normalized spacial score (nSPS) is 14.2. The fraction of sp³-hybridized carbons (Fsp3) is 0.304. The summed E-state index contributed by atoms with van der Waals surface area (Å²) in [6.07, 6.45) is -3.88. The Morgan fingerprint density at radius 1 is 1.06 bits per heavy atom. The summed E-state index contributed by atoms with van der Waals surface area (Å²) >= 11 is 0. The third-order valence-electron chi connectivity index (χ3n) is 5.46. The van der Waals surface area contributed by atoms with Crippen molar-refractivity contribution in [2.24, 2.45) is 0 Å². The van der Waals surface area contributed by atoms with Gasteiger partial charge in [0.15, 0.2) is 0 Å². The van der Waals surface area contributed by atoms with Crippen LogP contribution in [0.4, 0.5) is 13.2 Å². The molecule has 0 radical (unpaired) electrons. The summed E-state index contributed by atoms with van der Waals surface area (Å²) in [5.41, 5.74) is 1.66. The third kappa shape index (κ3) is 4.62. The minimum atomic E-state index is -4.42. The maximum absolute atomic E-state index is 12.8. The minimum Gasteiger partial charge on any atom is -0.497 e. The van der Waals surface area contributed by atoms with Gasteiger partial charge >= 0.3 is 6.18 Å². The molecule has 0 fully saturated rings. The first-order valence-corrected chi connectivity index (χ1v) is 10.0. The van der Waals surface area contributed by atoms with Crippen molar-refractivity contribution in [3.8, 4) is 22.9 Å². The van der Waals surface area contributed by atoms with Crippen molar-refractivity contribution in [3.63, 3.8) is 0 Å². The Bertz CT molecular complexity index is 1150. The van der Waals surface area contributed by atoms with E-state index in [2.05, 4.69) is 14.9 Å². The number of hydrogen-bond acceptors (Lipinski definition) is 5. The Morgan fingerprint density at radius 3 is 2.31 bits per heavy atom. The molecule has 3 aromatic rings. The molecule has 0 saturated heterocycles. The number of alkyl halides is 3. The van der Waals surface area contributed by atoms with E-state index in [-0.39, 0.29) is 11.4 Å². The number of aromatic nitrogens is 2. The van der Waals surface area contributed by atoms with E-state index in [0.717, 1.165) is 17.7 Å². The molecule has 0 bridgehead atoms. The van der Waals surface area contributed by atoms with Gasteiger partial charge in [-0.05, 0) is 36.2 Å². The van der Waals surface area contributed by atoms with Gasteiger partial charge in [-0.1, -0.05) is 12.1 Å². The molecule has 0 atom stereocenters. The Balaban J connectivity index is 1.58. The van der Waals surface area contributed by atoms with Crippen molar-refractivity contribution in [2.75, 3.05) is 20.8 Å². The molecule has 168 valence electrons. The molecule has 1 aliphatic heterocycles. The molecular formula is C23H22F3N3O3. The second-order valence-corrected chi connectivity index (χ2v) is 7.60. The number of H-pyrrole nitrogens is 1. The molecule has 2 heterocycles. The molecule has 4 rings (SSSR count). The number of rotatable bonds is 5. The maximum atomic E-state index is 12.8. The zero-order valence-corrected chi connectivity index (χ0v) is 17.6. The summed E-state index contributed by atoms with van der Waals surface area (Å²) in [5.74, 6) is 1.64. The Hall–Kier alpha value is -3.33. The molecule has 6 nitrogen and oxygen atoms in total. The first kappa shape index (κ1) is 21.9. The topological polar surface area (TPSA) is 67.5 Å². The highest BCUT2D eigenvalue weighted by Gasteiger charge is 2.30. The van der Waals surface area contributed by atoms with E-state index in [1.165, 1.54) is 12.1 Å². The molecule has 2 aromatic carbocycles. The van der Waals surface area contributed by atoms with Crippen molar-refractivity contribution < 1.29 is 22.6 Å². The molecule has 0 amide bonds. The highest BCUT2D eigenvalue weighted by Crippen LogP contribution is 2.30. The molecule has 32 heavy (non-hydrogen) atoms. The lowest BCUT2D eigenvalue weighted by atomic mass is 10.0. The molecule has 1 N–H and O–H groups in total. The van der Waals surface area contributed by atoms with Crippen LogP contribution in [-0.4, -0.2) is 35.6 Å². The molecule has 9 heteroatoms. The van der Waals surface area contributed by atoms with Crippen LogP contribution in [0.15, 0.2) is 47.3 Å². The Kier molecular flexibility index (Phi) is 5.92. The average molecular weight is 445 g/mol. The summed E-state index contributed by atoms with van der Waals surface area (Å²) < 4.78 is 49.2. The lowest BCUT2D eigenvalue weighted by Gasteiger charge is -2.28. The predicted octanol–water partition coefficient (Wildman–Crippen LogP) is 4.03. The van der Waals surface area contributed by atoms with Crippen molar-refractivity contribution >= 4 is 0 Å². The number of fused-ring (bicyclic) bond motifs is 1. The molecule has 0 spiro atoms.